The van der Waals surface area contributed by atoms with Gasteiger partial charge in [-0.1, -0.05) is 88.4 Å². The van der Waals surface area contributed by atoms with Crippen LogP contribution in [-0.4, -0.2) is 27.0 Å². The Bertz CT molecular complexity index is 713. The molecule has 2 unspecified atom stereocenters. The molecule has 0 aliphatic carbocycles. The molecule has 3 rings (SSSR count). The molecule has 4 heteroatoms. The molecule has 1 fully saturated rings. The van der Waals surface area contributed by atoms with Crippen LogP contribution in [0.4, 0.5) is 0 Å². The maximum absolute atomic E-state index is 12.3. The van der Waals surface area contributed by atoms with Gasteiger partial charge in [-0.3, -0.25) is 4.79 Å². The maximum Gasteiger partial charge on any atom is 0.311 e. The van der Waals surface area contributed by atoms with Gasteiger partial charge in [-0.2, -0.15) is 0 Å². The normalized spacial score (nSPS) is 19.0. The van der Waals surface area contributed by atoms with Gasteiger partial charge in [-0.25, -0.2) is 0 Å². The zero-order valence-corrected chi connectivity index (χ0v) is 17.8. The molecule has 2 aromatic carbocycles. The van der Waals surface area contributed by atoms with Crippen LogP contribution in [0, 0.1) is 5.92 Å². The molecule has 0 bridgehead atoms. The molecule has 0 aromatic heterocycles. The van der Waals surface area contributed by atoms with Crippen molar-refractivity contribution in [3.05, 3.63) is 60.7 Å². The number of hydrogen-bond acceptors (Lipinski definition) is 3. The summed E-state index contributed by atoms with van der Waals surface area (Å²) in [5.74, 6) is -0.281. The van der Waals surface area contributed by atoms with E-state index >= 15 is 0 Å². The van der Waals surface area contributed by atoms with Crippen LogP contribution in [-0.2, 0) is 14.0 Å². The highest BCUT2D eigenvalue weighted by atomic mass is 28.4. The number of benzene rings is 2. The Balaban J connectivity index is 2.15. The Morgan fingerprint density at radius 1 is 1.04 bits per heavy atom. The van der Waals surface area contributed by atoms with Crippen LogP contribution in [0.5, 0.6) is 0 Å². The average molecular weight is 383 g/mol. The molecular formula is C23H30O3Si. The van der Waals surface area contributed by atoms with Crippen LogP contribution in [0.1, 0.15) is 40.5 Å². The Labute approximate surface area is 163 Å². The fourth-order valence-electron chi connectivity index (χ4n) is 4.22. The van der Waals surface area contributed by atoms with Crippen molar-refractivity contribution in [3.63, 3.8) is 0 Å². The minimum absolute atomic E-state index is 0.0916. The molecule has 0 saturated carbocycles. The lowest BCUT2D eigenvalue weighted by molar-refractivity contribution is -0.143. The maximum atomic E-state index is 12.3. The van der Waals surface area contributed by atoms with E-state index in [9.17, 15) is 4.79 Å². The van der Waals surface area contributed by atoms with Crippen molar-refractivity contribution in [2.75, 3.05) is 6.61 Å². The summed E-state index contributed by atoms with van der Waals surface area (Å²) < 4.78 is 12.4. The molecule has 1 saturated heterocycles. The van der Waals surface area contributed by atoms with Crippen molar-refractivity contribution in [2.24, 2.45) is 5.92 Å². The monoisotopic (exact) mass is 382 g/mol. The van der Waals surface area contributed by atoms with Gasteiger partial charge < -0.3 is 9.16 Å². The van der Waals surface area contributed by atoms with E-state index in [2.05, 4.69) is 76.2 Å². The second kappa shape index (κ2) is 7.99. The predicted octanol–water partition coefficient (Wildman–Crippen LogP) is 3.90. The number of hydrogen-bond donors (Lipinski definition) is 0. The van der Waals surface area contributed by atoms with Crippen molar-refractivity contribution < 1.29 is 14.0 Å². The molecule has 0 N–H and O–H groups in total. The minimum Gasteiger partial charge on any atom is -0.465 e. The fourth-order valence-corrected chi connectivity index (χ4v) is 9.02. The molecule has 0 amide bonds. The summed E-state index contributed by atoms with van der Waals surface area (Å²) in [6.45, 7) is 9.40. The van der Waals surface area contributed by atoms with Crippen molar-refractivity contribution in [1.29, 1.82) is 0 Å². The standard InChI is InChI=1S/C23H30O3Si/c1-5-21(20-16-17-25-22(20)24)26-27(23(2,3)4,18-12-8-6-9-13-18)19-14-10-7-11-15-19/h6-15,20-21H,5,16-17H2,1-4H3. The van der Waals surface area contributed by atoms with Crippen LogP contribution in [0.15, 0.2) is 60.7 Å². The lowest BCUT2D eigenvalue weighted by atomic mass is 9.99. The predicted molar refractivity (Wildman–Crippen MR) is 112 cm³/mol. The van der Waals surface area contributed by atoms with Crippen LogP contribution in [0.25, 0.3) is 0 Å². The SMILES string of the molecule is CCC(O[Si](c1ccccc1)(c1ccccc1)C(C)(C)C)C1CCOC1=O. The van der Waals surface area contributed by atoms with Crippen LogP contribution < -0.4 is 10.4 Å². The topological polar surface area (TPSA) is 35.5 Å². The van der Waals surface area contributed by atoms with Gasteiger partial charge in [0.1, 0.15) is 0 Å². The van der Waals surface area contributed by atoms with E-state index in [1.807, 2.05) is 12.1 Å². The number of cyclic esters (lactones) is 1. The second-order valence-electron chi connectivity index (χ2n) is 8.29. The van der Waals surface area contributed by atoms with E-state index in [4.69, 9.17) is 9.16 Å². The van der Waals surface area contributed by atoms with E-state index in [1.54, 1.807) is 0 Å². The molecule has 0 spiro atoms. The van der Waals surface area contributed by atoms with E-state index < -0.39 is 8.32 Å². The number of esters is 1. The molecule has 1 aliphatic heterocycles. The zero-order chi connectivity index (χ0) is 19.5. The summed E-state index contributed by atoms with van der Waals surface area (Å²) in [5, 5.41) is 2.40. The van der Waals surface area contributed by atoms with Gasteiger partial charge >= 0.3 is 5.97 Å². The summed E-state index contributed by atoms with van der Waals surface area (Å²) >= 11 is 0. The zero-order valence-electron chi connectivity index (χ0n) is 16.8. The molecule has 2 aromatic rings. The summed E-state index contributed by atoms with van der Waals surface area (Å²) in [4.78, 5) is 12.3. The molecule has 2 atom stereocenters. The number of carbonyl (C=O) groups excluding carboxylic acids is 1. The van der Waals surface area contributed by atoms with Crippen molar-refractivity contribution in [3.8, 4) is 0 Å². The largest absolute Gasteiger partial charge is 0.465 e. The van der Waals surface area contributed by atoms with Gasteiger partial charge in [0, 0.05) is 0 Å². The van der Waals surface area contributed by atoms with Crippen LogP contribution in [0.2, 0.25) is 5.04 Å². The first-order chi connectivity index (χ1) is 12.9. The highest BCUT2D eigenvalue weighted by Gasteiger charge is 2.52. The molecule has 1 aliphatic rings. The van der Waals surface area contributed by atoms with E-state index in [-0.39, 0.29) is 23.0 Å². The van der Waals surface area contributed by atoms with E-state index in [0.717, 1.165) is 12.8 Å². The summed E-state index contributed by atoms with van der Waals surface area (Å²) in [7, 11) is -2.64. The lowest BCUT2D eigenvalue weighted by Gasteiger charge is -2.45. The van der Waals surface area contributed by atoms with E-state index in [0.29, 0.717) is 6.61 Å². The third-order valence-electron chi connectivity index (χ3n) is 5.57. The highest BCUT2D eigenvalue weighted by molar-refractivity contribution is 6.99. The van der Waals surface area contributed by atoms with Crippen molar-refractivity contribution in [2.45, 2.75) is 51.7 Å². The third kappa shape index (κ3) is 3.74. The van der Waals surface area contributed by atoms with Crippen LogP contribution in [0.3, 0.4) is 0 Å². The first-order valence-electron chi connectivity index (χ1n) is 9.85. The van der Waals surface area contributed by atoms with Gasteiger partial charge in [-0.05, 0) is 28.3 Å². The second-order valence-corrected chi connectivity index (χ2v) is 12.5. The third-order valence-corrected chi connectivity index (χ3v) is 10.6. The van der Waals surface area contributed by atoms with Gasteiger partial charge in [0.05, 0.1) is 18.6 Å². The minimum atomic E-state index is -2.64. The molecular weight excluding hydrogens is 352 g/mol. The first kappa shape index (κ1) is 19.8. The number of rotatable bonds is 6. The van der Waals surface area contributed by atoms with Crippen molar-refractivity contribution in [1.82, 2.24) is 0 Å². The van der Waals surface area contributed by atoms with Gasteiger partial charge in [-0.15, -0.1) is 0 Å². The molecule has 27 heavy (non-hydrogen) atoms. The molecule has 144 valence electrons. The Kier molecular flexibility index (Phi) is 5.87. The summed E-state index contributed by atoms with van der Waals surface area (Å²) in [5.41, 5.74) is 0. The number of carbonyl (C=O) groups is 1. The average Bonchev–Trinajstić information content (AvgIpc) is 3.09. The fraction of sp³-hybridized carbons (Fsp3) is 0.435. The summed E-state index contributed by atoms with van der Waals surface area (Å²) in [6.07, 6.45) is 1.41. The van der Waals surface area contributed by atoms with Crippen molar-refractivity contribution >= 4 is 24.7 Å². The Morgan fingerprint density at radius 2 is 1.56 bits per heavy atom. The summed E-state index contributed by atoms with van der Waals surface area (Å²) in [6, 6.07) is 21.2. The number of ether oxygens (including phenoxy) is 1. The molecule has 3 nitrogen and oxygen atoms in total. The highest BCUT2D eigenvalue weighted by Crippen LogP contribution is 2.39. The van der Waals surface area contributed by atoms with E-state index in [1.165, 1.54) is 10.4 Å². The first-order valence-corrected chi connectivity index (χ1v) is 11.8. The molecule has 0 radical (unpaired) electrons. The van der Waals surface area contributed by atoms with Gasteiger partial charge in [0.25, 0.3) is 8.32 Å². The van der Waals surface area contributed by atoms with Gasteiger partial charge in [0.15, 0.2) is 0 Å². The van der Waals surface area contributed by atoms with Gasteiger partial charge in [0.2, 0.25) is 0 Å². The quantitative estimate of drug-likeness (QED) is 0.561. The van der Waals surface area contributed by atoms with Crippen LogP contribution >= 0.6 is 0 Å². The Morgan fingerprint density at radius 3 is 1.93 bits per heavy atom. The molecule has 1 heterocycles. The smallest absolute Gasteiger partial charge is 0.311 e. The lowest BCUT2D eigenvalue weighted by Crippen LogP contribution is -2.68. The Hall–Kier alpha value is -1.91.